The number of benzene rings is 1. The normalized spacial score (nSPS) is 14.3. The summed E-state index contributed by atoms with van der Waals surface area (Å²) in [6, 6.07) is 3.77. The highest BCUT2D eigenvalue weighted by atomic mass is 35.5. The number of nitrogens with zero attached hydrogens (tertiary/aromatic N) is 1. The van der Waals surface area contributed by atoms with Crippen LogP contribution < -0.4 is 15.0 Å². The van der Waals surface area contributed by atoms with Crippen molar-refractivity contribution in [1.29, 1.82) is 0 Å². The van der Waals surface area contributed by atoms with Crippen LogP contribution >= 0.6 is 23.8 Å². The maximum absolute atomic E-state index is 12.1. The summed E-state index contributed by atoms with van der Waals surface area (Å²) < 4.78 is 11.0. The van der Waals surface area contributed by atoms with Gasteiger partial charge in [-0.3, -0.25) is 14.7 Å². The van der Waals surface area contributed by atoms with Crippen LogP contribution in [0.2, 0.25) is 5.02 Å². The van der Waals surface area contributed by atoms with E-state index in [0.29, 0.717) is 34.4 Å². The van der Waals surface area contributed by atoms with Gasteiger partial charge in [-0.15, -0.1) is 0 Å². The molecule has 2 heterocycles. The molecule has 6 nitrogen and oxygen atoms in total. The van der Waals surface area contributed by atoms with Crippen LogP contribution in [0.4, 0.5) is 0 Å². The van der Waals surface area contributed by atoms with Crippen LogP contribution in [-0.2, 0) is 19.5 Å². The summed E-state index contributed by atoms with van der Waals surface area (Å²) >= 11 is 11.3. The van der Waals surface area contributed by atoms with Gasteiger partial charge in [0.2, 0.25) is 0 Å². The van der Waals surface area contributed by atoms with Crippen LogP contribution in [0, 0.1) is 4.77 Å². The van der Waals surface area contributed by atoms with Gasteiger partial charge in [0.05, 0.1) is 24.8 Å². The molecule has 0 fully saturated rings. The van der Waals surface area contributed by atoms with Crippen molar-refractivity contribution in [2.45, 2.75) is 19.5 Å². The molecule has 3 rings (SSSR count). The molecule has 2 aromatic rings. The Kier molecular flexibility index (Phi) is 4.93. The number of methoxy groups -OCH3 is 2. The van der Waals surface area contributed by atoms with Gasteiger partial charge in [-0.05, 0) is 29.9 Å². The monoisotopic (exact) mass is 367 g/mol. The van der Waals surface area contributed by atoms with Gasteiger partial charge in [0.1, 0.15) is 0 Å². The number of fused-ring (bicyclic) bond motifs is 1. The first kappa shape index (κ1) is 17.0. The van der Waals surface area contributed by atoms with Crippen molar-refractivity contribution in [3.8, 4) is 11.5 Å². The fraction of sp³-hybridized carbons (Fsp3) is 0.375. The Hall–Kier alpha value is -1.83. The molecular weight excluding hydrogens is 350 g/mol. The average molecular weight is 368 g/mol. The lowest BCUT2D eigenvalue weighted by Crippen LogP contribution is -2.35. The highest BCUT2D eigenvalue weighted by Gasteiger charge is 2.20. The third-order valence-corrected chi connectivity index (χ3v) is 4.57. The highest BCUT2D eigenvalue weighted by molar-refractivity contribution is 7.71. The van der Waals surface area contributed by atoms with Gasteiger partial charge in [-0.2, -0.15) is 0 Å². The van der Waals surface area contributed by atoms with Gasteiger partial charge in [0.25, 0.3) is 5.56 Å². The number of nitrogens with one attached hydrogen (secondary N) is 2. The smallest absolute Gasteiger partial charge is 0.256 e. The zero-order valence-corrected chi connectivity index (χ0v) is 15.0. The molecule has 0 spiro atoms. The number of aromatic nitrogens is 2. The Labute approximate surface area is 149 Å². The van der Waals surface area contributed by atoms with E-state index in [-0.39, 0.29) is 5.56 Å². The number of halogens is 1. The number of hydrogen-bond acceptors (Lipinski definition) is 5. The molecule has 0 saturated carbocycles. The van der Waals surface area contributed by atoms with Crippen LogP contribution in [-0.4, -0.2) is 35.6 Å². The van der Waals surface area contributed by atoms with Crippen LogP contribution in [0.25, 0.3) is 0 Å². The number of aromatic amines is 2. The standard InChI is InChI=1S/C16H18ClN3O3S/c1-22-13-6-9(5-11(17)14(13)23-2)7-20-4-3-12-10(8-20)15(21)19-16(24)18-12/h5-6H,3-4,7-8H2,1-2H3,(H2,18,19,21,24). The minimum absolute atomic E-state index is 0.121. The predicted octanol–water partition coefficient (Wildman–Crippen LogP) is 2.66. The molecule has 1 aromatic carbocycles. The lowest BCUT2D eigenvalue weighted by molar-refractivity contribution is 0.241. The van der Waals surface area contributed by atoms with Gasteiger partial charge >= 0.3 is 0 Å². The zero-order chi connectivity index (χ0) is 17.3. The van der Waals surface area contributed by atoms with Gasteiger partial charge < -0.3 is 14.5 Å². The molecule has 0 unspecified atom stereocenters. The van der Waals surface area contributed by atoms with Crippen molar-refractivity contribution in [2.75, 3.05) is 20.8 Å². The van der Waals surface area contributed by atoms with E-state index in [4.69, 9.17) is 33.3 Å². The maximum atomic E-state index is 12.1. The SMILES string of the molecule is COc1cc(CN2CCc3[nH]c(=S)[nH]c(=O)c3C2)cc(Cl)c1OC. The van der Waals surface area contributed by atoms with Crippen LogP contribution in [0.5, 0.6) is 11.5 Å². The molecule has 0 saturated heterocycles. The molecule has 1 aromatic heterocycles. The van der Waals surface area contributed by atoms with Gasteiger partial charge in [-0.1, -0.05) is 11.6 Å². The summed E-state index contributed by atoms with van der Waals surface area (Å²) in [6.07, 6.45) is 0.754. The van der Waals surface area contributed by atoms with Gasteiger partial charge in [0.15, 0.2) is 16.3 Å². The molecule has 1 aliphatic heterocycles. The maximum Gasteiger partial charge on any atom is 0.256 e. The van der Waals surface area contributed by atoms with E-state index in [1.165, 1.54) is 0 Å². The molecule has 24 heavy (non-hydrogen) atoms. The van der Waals surface area contributed by atoms with Crippen molar-refractivity contribution in [1.82, 2.24) is 14.9 Å². The second kappa shape index (κ2) is 6.96. The topological polar surface area (TPSA) is 70.3 Å². The third-order valence-electron chi connectivity index (χ3n) is 4.09. The van der Waals surface area contributed by atoms with E-state index in [1.54, 1.807) is 14.2 Å². The first-order chi connectivity index (χ1) is 11.5. The van der Waals surface area contributed by atoms with E-state index < -0.39 is 0 Å². The number of hydrogen-bond donors (Lipinski definition) is 2. The number of rotatable bonds is 4. The molecule has 2 N–H and O–H groups in total. The largest absolute Gasteiger partial charge is 0.493 e. The van der Waals surface area contributed by atoms with E-state index in [2.05, 4.69) is 14.9 Å². The second-order valence-electron chi connectivity index (χ2n) is 5.64. The van der Waals surface area contributed by atoms with Crippen molar-refractivity contribution in [3.05, 3.63) is 49.1 Å². The number of ether oxygens (including phenoxy) is 2. The molecule has 0 radical (unpaired) electrons. The highest BCUT2D eigenvalue weighted by Crippen LogP contribution is 2.36. The summed E-state index contributed by atoms with van der Waals surface area (Å²) in [5.74, 6) is 1.12. The van der Waals surface area contributed by atoms with E-state index in [1.807, 2.05) is 12.1 Å². The van der Waals surface area contributed by atoms with Crippen LogP contribution in [0.3, 0.4) is 0 Å². The Morgan fingerprint density at radius 2 is 2.08 bits per heavy atom. The van der Waals surface area contributed by atoms with E-state index in [0.717, 1.165) is 29.8 Å². The van der Waals surface area contributed by atoms with Crippen molar-refractivity contribution in [2.24, 2.45) is 0 Å². The first-order valence-electron chi connectivity index (χ1n) is 7.49. The minimum Gasteiger partial charge on any atom is -0.493 e. The molecule has 1 aliphatic rings. The first-order valence-corrected chi connectivity index (χ1v) is 8.27. The molecule has 0 aliphatic carbocycles. The molecular formula is C16H18ClN3O3S. The Balaban J connectivity index is 1.84. The zero-order valence-electron chi connectivity index (χ0n) is 13.4. The Morgan fingerprint density at radius 1 is 1.29 bits per heavy atom. The Bertz CT molecular complexity index is 878. The van der Waals surface area contributed by atoms with Crippen molar-refractivity contribution < 1.29 is 9.47 Å². The van der Waals surface area contributed by atoms with E-state index >= 15 is 0 Å². The van der Waals surface area contributed by atoms with Crippen LogP contribution in [0.1, 0.15) is 16.8 Å². The summed E-state index contributed by atoms with van der Waals surface area (Å²) in [6.45, 7) is 2.05. The summed E-state index contributed by atoms with van der Waals surface area (Å²) in [4.78, 5) is 20.0. The Morgan fingerprint density at radius 3 is 2.79 bits per heavy atom. The lowest BCUT2D eigenvalue weighted by atomic mass is 10.1. The summed E-state index contributed by atoms with van der Waals surface area (Å²) in [5, 5.41) is 0.506. The fourth-order valence-electron chi connectivity index (χ4n) is 2.97. The lowest BCUT2D eigenvalue weighted by Gasteiger charge is -2.28. The fourth-order valence-corrected chi connectivity index (χ4v) is 3.49. The van der Waals surface area contributed by atoms with Crippen LogP contribution in [0.15, 0.2) is 16.9 Å². The predicted molar refractivity (Wildman–Crippen MR) is 94.6 cm³/mol. The van der Waals surface area contributed by atoms with Gasteiger partial charge in [-0.25, -0.2) is 0 Å². The van der Waals surface area contributed by atoms with Crippen molar-refractivity contribution >= 4 is 23.8 Å². The molecule has 0 amide bonds. The molecule has 0 bridgehead atoms. The minimum atomic E-state index is -0.121. The van der Waals surface area contributed by atoms with Crippen molar-refractivity contribution in [3.63, 3.8) is 0 Å². The molecule has 0 atom stereocenters. The third kappa shape index (κ3) is 3.33. The number of H-pyrrole nitrogens is 2. The summed E-state index contributed by atoms with van der Waals surface area (Å²) in [7, 11) is 3.14. The average Bonchev–Trinajstić information content (AvgIpc) is 2.54. The second-order valence-corrected chi connectivity index (χ2v) is 6.45. The van der Waals surface area contributed by atoms with Gasteiger partial charge in [0, 0.05) is 31.7 Å². The summed E-state index contributed by atoms with van der Waals surface area (Å²) in [5.41, 5.74) is 2.54. The quantitative estimate of drug-likeness (QED) is 0.813. The molecule has 8 heteroatoms. The molecule has 128 valence electrons. The van der Waals surface area contributed by atoms with E-state index in [9.17, 15) is 4.79 Å².